The van der Waals surface area contributed by atoms with Gasteiger partial charge in [-0.05, 0) is 36.8 Å². The molecule has 0 unspecified atom stereocenters. The molecule has 1 aromatic carbocycles. The smallest absolute Gasteiger partial charge is 0.210 e. The van der Waals surface area contributed by atoms with E-state index in [-0.39, 0.29) is 17.3 Å². The highest BCUT2D eigenvalue weighted by Crippen LogP contribution is 2.20. The second kappa shape index (κ2) is 6.41. The van der Waals surface area contributed by atoms with Crippen LogP contribution in [-0.2, 0) is 16.3 Å². The van der Waals surface area contributed by atoms with Crippen molar-refractivity contribution in [3.05, 3.63) is 46.2 Å². The van der Waals surface area contributed by atoms with E-state index < -0.39 is 9.84 Å². The van der Waals surface area contributed by atoms with Gasteiger partial charge in [0, 0.05) is 11.1 Å². The fraction of sp³-hybridized carbons (Fsp3) is 0.267. The molecule has 112 valence electrons. The molecule has 0 aliphatic rings. The number of benzene rings is 1. The third-order valence-corrected chi connectivity index (χ3v) is 5.27. The van der Waals surface area contributed by atoms with Gasteiger partial charge < -0.3 is 4.74 Å². The van der Waals surface area contributed by atoms with Crippen LogP contribution in [0.25, 0.3) is 0 Å². The van der Waals surface area contributed by atoms with Gasteiger partial charge in [0.25, 0.3) is 0 Å². The summed E-state index contributed by atoms with van der Waals surface area (Å²) in [5.74, 6) is 0.267. The molecular weight excluding hydrogens is 308 g/mol. The summed E-state index contributed by atoms with van der Waals surface area (Å²) < 4.78 is 28.3. The van der Waals surface area contributed by atoms with Crippen molar-refractivity contribution in [1.29, 1.82) is 0 Å². The number of aryl methyl sites for hydroxylation is 1. The highest BCUT2D eigenvalue weighted by molar-refractivity contribution is 7.90. The third-order valence-electron chi connectivity index (χ3n) is 2.89. The van der Waals surface area contributed by atoms with Crippen molar-refractivity contribution in [1.82, 2.24) is 0 Å². The number of carbonyl (C=O) groups is 1. The van der Waals surface area contributed by atoms with Crippen LogP contribution in [-0.4, -0.2) is 27.1 Å². The zero-order valence-electron chi connectivity index (χ0n) is 11.8. The minimum atomic E-state index is -3.28. The monoisotopic (exact) mass is 324 g/mol. The summed E-state index contributed by atoms with van der Waals surface area (Å²) in [6, 6.07) is 9.87. The number of carbonyl (C=O) groups excluding carboxylic acids is 1. The second-order valence-electron chi connectivity index (χ2n) is 4.58. The van der Waals surface area contributed by atoms with Gasteiger partial charge >= 0.3 is 0 Å². The third kappa shape index (κ3) is 4.15. The molecule has 0 aliphatic heterocycles. The first-order chi connectivity index (χ1) is 9.90. The number of hydrogen-bond donors (Lipinski definition) is 0. The molecule has 0 atom stereocenters. The number of ether oxygens (including phenoxy) is 1. The lowest BCUT2D eigenvalue weighted by Crippen LogP contribution is -2.10. The van der Waals surface area contributed by atoms with Gasteiger partial charge in [-0.3, -0.25) is 4.79 Å². The summed E-state index contributed by atoms with van der Waals surface area (Å²) in [4.78, 5) is 14.0. The molecule has 1 heterocycles. The molecule has 1 aromatic heterocycles. The molecule has 0 saturated heterocycles. The number of sulfone groups is 1. The van der Waals surface area contributed by atoms with Gasteiger partial charge in [0.15, 0.2) is 16.4 Å². The van der Waals surface area contributed by atoms with Crippen molar-refractivity contribution in [2.75, 3.05) is 12.9 Å². The molecule has 0 N–H and O–H groups in total. The predicted molar refractivity (Wildman–Crippen MR) is 83.1 cm³/mol. The molecule has 6 heteroatoms. The molecule has 0 spiro atoms. The molecule has 2 aromatic rings. The Hall–Kier alpha value is -1.66. The largest absolute Gasteiger partial charge is 0.485 e. The van der Waals surface area contributed by atoms with Gasteiger partial charge in [0.1, 0.15) is 5.75 Å². The van der Waals surface area contributed by atoms with Crippen LogP contribution in [0.2, 0.25) is 0 Å². The van der Waals surface area contributed by atoms with Crippen LogP contribution >= 0.6 is 11.3 Å². The number of rotatable bonds is 6. The summed E-state index contributed by atoms with van der Waals surface area (Å²) in [6.07, 6.45) is 2.03. The average molecular weight is 324 g/mol. The fourth-order valence-corrected chi connectivity index (χ4v) is 3.26. The van der Waals surface area contributed by atoms with E-state index in [0.717, 1.165) is 17.6 Å². The number of thiophene rings is 1. The summed E-state index contributed by atoms with van der Waals surface area (Å²) in [7, 11) is -3.28. The quantitative estimate of drug-likeness (QED) is 0.767. The summed E-state index contributed by atoms with van der Waals surface area (Å²) in [5.41, 5.74) is 0. The Morgan fingerprint density at radius 1 is 1.24 bits per heavy atom. The molecule has 21 heavy (non-hydrogen) atoms. The van der Waals surface area contributed by atoms with E-state index in [2.05, 4.69) is 0 Å². The van der Waals surface area contributed by atoms with Crippen LogP contribution in [0.5, 0.6) is 5.75 Å². The molecule has 0 radical (unpaired) electrons. The van der Waals surface area contributed by atoms with Crippen LogP contribution in [0, 0.1) is 0 Å². The lowest BCUT2D eigenvalue weighted by atomic mass is 10.3. The number of Topliss-reactive ketones (excluding diaryl/α,β-unsaturated/α-hetero) is 1. The van der Waals surface area contributed by atoms with E-state index in [1.165, 1.54) is 23.5 Å². The molecule has 2 rings (SSSR count). The molecule has 0 aliphatic carbocycles. The van der Waals surface area contributed by atoms with Gasteiger partial charge in [0.05, 0.1) is 9.77 Å². The minimum Gasteiger partial charge on any atom is -0.485 e. The van der Waals surface area contributed by atoms with Crippen LogP contribution in [0.4, 0.5) is 0 Å². The molecule has 0 saturated carbocycles. The van der Waals surface area contributed by atoms with Gasteiger partial charge in [-0.25, -0.2) is 8.42 Å². The van der Waals surface area contributed by atoms with E-state index in [1.807, 2.05) is 13.0 Å². The maximum atomic E-state index is 12.0. The van der Waals surface area contributed by atoms with Gasteiger partial charge in [-0.15, -0.1) is 11.3 Å². The predicted octanol–water partition coefficient (Wildman–Crippen LogP) is 2.98. The Morgan fingerprint density at radius 2 is 2.00 bits per heavy atom. The van der Waals surface area contributed by atoms with Crippen molar-refractivity contribution < 1.29 is 17.9 Å². The maximum absolute atomic E-state index is 12.0. The SMILES string of the molecule is CCc1ccc(C(=O)COc2cccc(S(C)(=O)=O)c2)s1. The first-order valence-corrected chi connectivity index (χ1v) is 9.16. The molecule has 0 amide bonds. The number of ketones is 1. The molecule has 0 fully saturated rings. The van der Waals surface area contributed by atoms with Crippen LogP contribution in [0.15, 0.2) is 41.3 Å². The van der Waals surface area contributed by atoms with Gasteiger partial charge in [-0.1, -0.05) is 13.0 Å². The van der Waals surface area contributed by atoms with Crippen molar-refractivity contribution in [3.63, 3.8) is 0 Å². The highest BCUT2D eigenvalue weighted by Gasteiger charge is 2.11. The minimum absolute atomic E-state index is 0.100. The average Bonchev–Trinajstić information content (AvgIpc) is 2.93. The summed E-state index contributed by atoms with van der Waals surface area (Å²) in [5, 5.41) is 0. The lowest BCUT2D eigenvalue weighted by Gasteiger charge is -2.06. The van der Waals surface area contributed by atoms with Crippen molar-refractivity contribution in [2.24, 2.45) is 0 Å². The maximum Gasteiger partial charge on any atom is 0.210 e. The van der Waals surface area contributed by atoms with E-state index in [0.29, 0.717) is 10.6 Å². The Kier molecular flexibility index (Phi) is 4.80. The van der Waals surface area contributed by atoms with Crippen molar-refractivity contribution in [2.45, 2.75) is 18.2 Å². The van der Waals surface area contributed by atoms with Crippen LogP contribution < -0.4 is 4.74 Å². The van der Waals surface area contributed by atoms with Crippen molar-refractivity contribution >= 4 is 27.0 Å². The highest BCUT2D eigenvalue weighted by atomic mass is 32.2. The lowest BCUT2D eigenvalue weighted by molar-refractivity contribution is 0.0925. The molecule has 4 nitrogen and oxygen atoms in total. The standard InChI is InChI=1S/C15H16O4S2/c1-3-12-7-8-15(20-12)14(16)10-19-11-5-4-6-13(9-11)21(2,17)18/h4-9H,3,10H2,1-2H3. The Balaban J connectivity index is 2.04. The van der Waals surface area contributed by atoms with Crippen LogP contribution in [0.1, 0.15) is 21.5 Å². The first kappa shape index (κ1) is 15.7. The summed E-state index contributed by atoms with van der Waals surface area (Å²) >= 11 is 1.46. The topological polar surface area (TPSA) is 60.4 Å². The summed E-state index contributed by atoms with van der Waals surface area (Å²) in [6.45, 7) is 1.93. The zero-order valence-corrected chi connectivity index (χ0v) is 13.5. The fourth-order valence-electron chi connectivity index (χ4n) is 1.73. The Bertz CT molecular complexity index is 745. The zero-order chi connectivity index (χ0) is 15.5. The Morgan fingerprint density at radius 3 is 2.62 bits per heavy atom. The van der Waals surface area contributed by atoms with E-state index >= 15 is 0 Å². The van der Waals surface area contributed by atoms with E-state index in [9.17, 15) is 13.2 Å². The van der Waals surface area contributed by atoms with E-state index in [1.54, 1.807) is 18.2 Å². The second-order valence-corrected chi connectivity index (χ2v) is 7.76. The molecule has 0 bridgehead atoms. The van der Waals surface area contributed by atoms with Gasteiger partial charge in [0.2, 0.25) is 5.78 Å². The molecular formula is C15H16O4S2. The first-order valence-electron chi connectivity index (χ1n) is 6.45. The van der Waals surface area contributed by atoms with E-state index in [4.69, 9.17) is 4.74 Å². The van der Waals surface area contributed by atoms with Crippen molar-refractivity contribution in [3.8, 4) is 5.75 Å². The number of hydrogen-bond acceptors (Lipinski definition) is 5. The van der Waals surface area contributed by atoms with Gasteiger partial charge in [-0.2, -0.15) is 0 Å². The Labute approximate surface area is 128 Å². The normalized spacial score (nSPS) is 11.3. The van der Waals surface area contributed by atoms with Crippen LogP contribution in [0.3, 0.4) is 0 Å².